The Bertz CT molecular complexity index is 974. The van der Waals surface area contributed by atoms with Crippen LogP contribution in [0.2, 0.25) is 0 Å². The van der Waals surface area contributed by atoms with Gasteiger partial charge in [0.25, 0.3) is 0 Å². The molecule has 2 aromatic carbocycles. The van der Waals surface area contributed by atoms with Gasteiger partial charge in [0, 0.05) is 12.3 Å². The van der Waals surface area contributed by atoms with Gasteiger partial charge in [-0.2, -0.15) is 5.26 Å². The minimum Gasteiger partial charge on any atom is -0.497 e. The lowest BCUT2D eigenvalue weighted by molar-refractivity contribution is 0.395. The number of hydrogen-bond donors (Lipinski definition) is 0. The zero-order chi connectivity index (χ0) is 17.3. The third-order valence-corrected chi connectivity index (χ3v) is 5.41. The van der Waals surface area contributed by atoms with E-state index in [4.69, 9.17) is 9.47 Å². The molecule has 24 heavy (non-hydrogen) atoms. The molecule has 1 aliphatic rings. The van der Waals surface area contributed by atoms with Crippen molar-refractivity contribution in [1.82, 2.24) is 0 Å². The lowest BCUT2D eigenvalue weighted by Gasteiger charge is -2.28. The summed E-state index contributed by atoms with van der Waals surface area (Å²) in [6.07, 6.45) is 1.31. The van der Waals surface area contributed by atoms with Crippen molar-refractivity contribution in [3.8, 4) is 17.6 Å². The van der Waals surface area contributed by atoms with Crippen molar-refractivity contribution in [2.24, 2.45) is 0 Å². The molecule has 1 aliphatic heterocycles. The standard InChI is InChI=1S/C17H14N2O4S/c1-22-12-7-8-14(16(9-12)23-2)19-11-13(10-18)24(20,21)17-6-4-3-5-15(17)19/h3-9,11H,1-2H3. The Kier molecular flexibility index (Phi) is 3.91. The van der Waals surface area contributed by atoms with Crippen LogP contribution < -0.4 is 14.4 Å². The van der Waals surface area contributed by atoms with E-state index >= 15 is 0 Å². The van der Waals surface area contributed by atoms with E-state index in [0.29, 0.717) is 22.9 Å². The summed E-state index contributed by atoms with van der Waals surface area (Å²) in [6.45, 7) is 0. The van der Waals surface area contributed by atoms with Crippen LogP contribution in [-0.4, -0.2) is 22.6 Å². The van der Waals surface area contributed by atoms with Gasteiger partial charge in [-0.15, -0.1) is 0 Å². The predicted octanol–water partition coefficient (Wildman–Crippen LogP) is 2.99. The van der Waals surface area contributed by atoms with Gasteiger partial charge >= 0.3 is 0 Å². The Morgan fingerprint density at radius 2 is 1.79 bits per heavy atom. The number of allylic oxidation sites excluding steroid dienone is 1. The third kappa shape index (κ3) is 2.37. The number of nitrogens with zero attached hydrogens (tertiary/aromatic N) is 2. The number of fused-ring (bicyclic) bond motifs is 1. The van der Waals surface area contributed by atoms with E-state index in [0.717, 1.165) is 0 Å². The number of hydrogen-bond acceptors (Lipinski definition) is 6. The van der Waals surface area contributed by atoms with Crippen molar-refractivity contribution in [3.05, 3.63) is 53.6 Å². The van der Waals surface area contributed by atoms with Gasteiger partial charge in [-0.3, -0.25) is 0 Å². The molecule has 0 saturated heterocycles. The summed E-state index contributed by atoms with van der Waals surface area (Å²) in [4.78, 5) is 1.40. The molecule has 0 fully saturated rings. The molecule has 0 aromatic heterocycles. The van der Waals surface area contributed by atoms with Gasteiger partial charge in [-0.25, -0.2) is 8.42 Å². The molecule has 0 radical (unpaired) electrons. The molecule has 6 nitrogen and oxygen atoms in total. The van der Waals surface area contributed by atoms with E-state index in [1.54, 1.807) is 54.5 Å². The smallest absolute Gasteiger partial charge is 0.220 e. The largest absolute Gasteiger partial charge is 0.497 e. The van der Waals surface area contributed by atoms with Crippen LogP contribution in [0, 0.1) is 11.3 Å². The summed E-state index contributed by atoms with van der Waals surface area (Å²) in [6, 6.07) is 13.5. The number of ether oxygens (including phenoxy) is 2. The van der Waals surface area contributed by atoms with Gasteiger partial charge in [0.2, 0.25) is 9.84 Å². The lowest BCUT2D eigenvalue weighted by Crippen LogP contribution is -2.21. The van der Waals surface area contributed by atoms with E-state index in [2.05, 4.69) is 0 Å². The molecule has 0 unspecified atom stereocenters. The SMILES string of the molecule is COc1ccc(N2C=C(C#N)S(=O)(=O)c3ccccc32)c(OC)c1. The normalized spacial score (nSPS) is 15.0. The number of para-hydroxylation sites is 1. The zero-order valence-corrected chi connectivity index (χ0v) is 13.9. The highest BCUT2D eigenvalue weighted by atomic mass is 32.2. The number of benzene rings is 2. The quantitative estimate of drug-likeness (QED) is 0.853. The first-order chi connectivity index (χ1) is 11.5. The molecular formula is C17H14N2O4S. The predicted molar refractivity (Wildman–Crippen MR) is 89.0 cm³/mol. The number of nitriles is 1. The van der Waals surface area contributed by atoms with Crippen LogP contribution >= 0.6 is 0 Å². The van der Waals surface area contributed by atoms with Crippen molar-refractivity contribution in [1.29, 1.82) is 5.26 Å². The van der Waals surface area contributed by atoms with Gasteiger partial charge < -0.3 is 14.4 Å². The van der Waals surface area contributed by atoms with Crippen LogP contribution in [0.5, 0.6) is 11.5 Å². The van der Waals surface area contributed by atoms with E-state index < -0.39 is 9.84 Å². The Balaban J connectivity index is 2.27. The van der Waals surface area contributed by atoms with Crippen LogP contribution in [0.25, 0.3) is 0 Å². The van der Waals surface area contributed by atoms with Crippen LogP contribution in [0.4, 0.5) is 11.4 Å². The Morgan fingerprint density at radius 1 is 1.04 bits per heavy atom. The monoisotopic (exact) mass is 342 g/mol. The molecule has 0 atom stereocenters. The summed E-state index contributed by atoms with van der Waals surface area (Å²) in [5, 5.41) is 9.25. The molecule has 1 heterocycles. The second-order valence-corrected chi connectivity index (χ2v) is 6.87. The summed E-state index contributed by atoms with van der Waals surface area (Å²) < 4.78 is 35.6. The molecule has 122 valence electrons. The number of sulfone groups is 1. The van der Waals surface area contributed by atoms with E-state index in [1.165, 1.54) is 19.4 Å². The van der Waals surface area contributed by atoms with Gasteiger partial charge in [0.1, 0.15) is 17.6 Å². The second kappa shape index (κ2) is 5.91. The maximum absolute atomic E-state index is 12.5. The molecule has 0 amide bonds. The van der Waals surface area contributed by atoms with Crippen LogP contribution in [0.3, 0.4) is 0 Å². The van der Waals surface area contributed by atoms with Crippen molar-refractivity contribution >= 4 is 21.2 Å². The first-order valence-corrected chi connectivity index (χ1v) is 8.48. The average molecular weight is 342 g/mol. The molecule has 0 aliphatic carbocycles. The molecule has 3 rings (SSSR count). The van der Waals surface area contributed by atoms with Crippen molar-refractivity contribution in [3.63, 3.8) is 0 Å². The van der Waals surface area contributed by atoms with E-state index in [9.17, 15) is 13.7 Å². The summed E-state index contributed by atoms with van der Waals surface area (Å²) in [5.41, 5.74) is 1.06. The third-order valence-electron chi connectivity index (χ3n) is 3.71. The minimum atomic E-state index is -3.81. The number of anilines is 2. The van der Waals surface area contributed by atoms with Gasteiger partial charge in [-0.1, -0.05) is 12.1 Å². The van der Waals surface area contributed by atoms with E-state index in [-0.39, 0.29) is 9.80 Å². The van der Waals surface area contributed by atoms with Gasteiger partial charge in [0.15, 0.2) is 4.91 Å². The highest BCUT2D eigenvalue weighted by molar-refractivity contribution is 7.95. The Labute approximate surface area is 140 Å². The highest BCUT2D eigenvalue weighted by Gasteiger charge is 2.32. The molecule has 0 bridgehead atoms. The molecule has 0 saturated carbocycles. The Hall–Kier alpha value is -2.98. The minimum absolute atomic E-state index is 0.0851. The number of rotatable bonds is 3. The first kappa shape index (κ1) is 15.9. The fraction of sp³-hybridized carbons (Fsp3) is 0.118. The topological polar surface area (TPSA) is 79.6 Å². The Morgan fingerprint density at radius 3 is 2.46 bits per heavy atom. The fourth-order valence-electron chi connectivity index (χ4n) is 2.53. The van der Waals surface area contributed by atoms with Crippen LogP contribution in [0.15, 0.2) is 58.5 Å². The summed E-state index contributed by atoms with van der Waals surface area (Å²) in [7, 11) is -0.753. The van der Waals surface area contributed by atoms with Crippen LogP contribution in [0.1, 0.15) is 0 Å². The fourth-order valence-corrected chi connectivity index (χ4v) is 3.83. The lowest BCUT2D eigenvalue weighted by atomic mass is 10.2. The molecule has 2 aromatic rings. The van der Waals surface area contributed by atoms with Gasteiger partial charge in [-0.05, 0) is 24.3 Å². The van der Waals surface area contributed by atoms with Crippen LogP contribution in [-0.2, 0) is 9.84 Å². The van der Waals surface area contributed by atoms with Crippen molar-refractivity contribution in [2.45, 2.75) is 4.90 Å². The maximum atomic E-state index is 12.5. The molecular weight excluding hydrogens is 328 g/mol. The molecule has 0 spiro atoms. The first-order valence-electron chi connectivity index (χ1n) is 7.00. The molecule has 0 N–H and O–H groups in total. The second-order valence-electron chi connectivity index (χ2n) is 4.98. The van der Waals surface area contributed by atoms with Gasteiger partial charge in [0.05, 0.1) is 30.5 Å². The zero-order valence-electron chi connectivity index (χ0n) is 13.1. The summed E-state index contributed by atoms with van der Waals surface area (Å²) in [5.74, 6) is 1.11. The number of methoxy groups -OCH3 is 2. The average Bonchev–Trinajstić information content (AvgIpc) is 2.61. The molecule has 7 heteroatoms. The van der Waals surface area contributed by atoms with E-state index in [1.807, 2.05) is 0 Å². The highest BCUT2D eigenvalue weighted by Crippen LogP contribution is 2.43. The summed E-state index contributed by atoms with van der Waals surface area (Å²) >= 11 is 0. The van der Waals surface area contributed by atoms with Crippen molar-refractivity contribution < 1.29 is 17.9 Å². The van der Waals surface area contributed by atoms with Crippen molar-refractivity contribution in [2.75, 3.05) is 19.1 Å². The maximum Gasteiger partial charge on any atom is 0.220 e.